The van der Waals surface area contributed by atoms with Crippen LogP contribution >= 0.6 is 11.3 Å². The van der Waals surface area contributed by atoms with Crippen LogP contribution < -0.4 is 16.4 Å². The topological polar surface area (TPSA) is 97.1 Å². The summed E-state index contributed by atoms with van der Waals surface area (Å²) in [7, 11) is 0. The van der Waals surface area contributed by atoms with Crippen molar-refractivity contribution < 1.29 is 9.59 Å². The molecule has 17 heavy (non-hydrogen) atoms. The number of amides is 2. The van der Waals surface area contributed by atoms with Gasteiger partial charge in [-0.2, -0.15) is 0 Å². The lowest BCUT2D eigenvalue weighted by atomic mass is 10.2. The maximum absolute atomic E-state index is 11.8. The van der Waals surface area contributed by atoms with E-state index in [1.165, 1.54) is 11.3 Å². The lowest BCUT2D eigenvalue weighted by Gasteiger charge is -2.08. The molecule has 1 aromatic rings. The summed E-state index contributed by atoms with van der Waals surface area (Å²) in [5.41, 5.74) is 6.03. The smallest absolute Gasteiger partial charge is 0.271 e. The summed E-state index contributed by atoms with van der Waals surface area (Å²) in [6, 6.07) is -0.313. The summed E-state index contributed by atoms with van der Waals surface area (Å²) in [6.07, 6.45) is 0.329. The average Bonchev–Trinajstić information content (AvgIpc) is 2.86. The van der Waals surface area contributed by atoms with Crippen LogP contribution in [0.4, 0.5) is 0 Å². The number of nitrogens with one attached hydrogen (secondary N) is 2. The summed E-state index contributed by atoms with van der Waals surface area (Å²) in [4.78, 5) is 26.9. The van der Waals surface area contributed by atoms with E-state index in [0.717, 1.165) is 5.01 Å². The van der Waals surface area contributed by atoms with Crippen molar-refractivity contribution in [2.75, 3.05) is 6.54 Å². The molecule has 2 atom stereocenters. The average molecular weight is 254 g/mol. The molecule has 7 heteroatoms. The molecule has 1 saturated heterocycles. The maximum atomic E-state index is 11.8. The fourth-order valence-corrected chi connectivity index (χ4v) is 2.33. The van der Waals surface area contributed by atoms with E-state index in [1.807, 2.05) is 6.92 Å². The van der Waals surface area contributed by atoms with E-state index < -0.39 is 0 Å². The van der Waals surface area contributed by atoms with E-state index in [-0.39, 0.29) is 23.9 Å². The first-order valence-electron chi connectivity index (χ1n) is 5.35. The predicted molar refractivity (Wildman–Crippen MR) is 63.6 cm³/mol. The Kier molecular flexibility index (Phi) is 3.39. The van der Waals surface area contributed by atoms with Gasteiger partial charge in [0.15, 0.2) is 0 Å². The minimum absolute atomic E-state index is 0.0372. The first kappa shape index (κ1) is 12.0. The molecule has 1 aliphatic heterocycles. The van der Waals surface area contributed by atoms with E-state index in [4.69, 9.17) is 5.73 Å². The molecule has 2 heterocycles. The number of hydrogen-bond donors (Lipinski definition) is 3. The van der Waals surface area contributed by atoms with Crippen molar-refractivity contribution in [1.29, 1.82) is 0 Å². The highest BCUT2D eigenvalue weighted by Crippen LogP contribution is 2.16. The fourth-order valence-electron chi connectivity index (χ4n) is 1.57. The molecule has 0 aromatic carbocycles. The first-order valence-corrected chi connectivity index (χ1v) is 6.23. The van der Waals surface area contributed by atoms with Crippen LogP contribution in [0.25, 0.3) is 0 Å². The number of aromatic nitrogens is 1. The third-order valence-electron chi connectivity index (χ3n) is 2.46. The summed E-state index contributed by atoms with van der Waals surface area (Å²) in [5.74, 6) is -0.292. The number of hydrogen-bond acceptors (Lipinski definition) is 5. The van der Waals surface area contributed by atoms with Crippen molar-refractivity contribution in [3.63, 3.8) is 0 Å². The number of carbonyl (C=O) groups excluding carboxylic acids is 2. The van der Waals surface area contributed by atoms with Crippen molar-refractivity contribution in [3.8, 4) is 0 Å². The zero-order valence-electron chi connectivity index (χ0n) is 9.40. The highest BCUT2D eigenvalue weighted by atomic mass is 32.1. The standard InChI is InChI=1S/C10H14N4O2S/c1-5(11)10-14-7(4-17-10)9(16)13-6-2-8(15)12-3-6/h4-6H,2-3,11H2,1H3,(H,12,15)(H,13,16). The van der Waals surface area contributed by atoms with Crippen LogP contribution in [-0.2, 0) is 4.79 Å². The van der Waals surface area contributed by atoms with Gasteiger partial charge in [-0.1, -0.05) is 0 Å². The molecular formula is C10H14N4O2S. The molecule has 2 amide bonds. The van der Waals surface area contributed by atoms with E-state index in [0.29, 0.717) is 18.7 Å². The highest BCUT2D eigenvalue weighted by Gasteiger charge is 2.24. The SMILES string of the molecule is CC(N)c1nc(C(=O)NC2CNC(=O)C2)cs1. The van der Waals surface area contributed by atoms with E-state index in [1.54, 1.807) is 5.38 Å². The second kappa shape index (κ2) is 4.80. The van der Waals surface area contributed by atoms with Crippen LogP contribution in [0.2, 0.25) is 0 Å². The Balaban J connectivity index is 1.97. The van der Waals surface area contributed by atoms with Crippen molar-refractivity contribution in [3.05, 3.63) is 16.1 Å². The first-order chi connectivity index (χ1) is 8.06. The third kappa shape index (κ3) is 2.80. The monoisotopic (exact) mass is 254 g/mol. The summed E-state index contributed by atoms with van der Waals surface area (Å²) < 4.78 is 0. The quantitative estimate of drug-likeness (QED) is 0.694. The van der Waals surface area contributed by atoms with Gasteiger partial charge in [-0.3, -0.25) is 9.59 Å². The Labute approximate surface area is 103 Å². The van der Waals surface area contributed by atoms with Crippen molar-refractivity contribution in [2.45, 2.75) is 25.4 Å². The molecule has 92 valence electrons. The van der Waals surface area contributed by atoms with Gasteiger partial charge in [0.05, 0.1) is 12.1 Å². The van der Waals surface area contributed by atoms with Gasteiger partial charge < -0.3 is 16.4 Å². The number of nitrogens with zero attached hydrogens (tertiary/aromatic N) is 1. The molecule has 2 unspecified atom stereocenters. The third-order valence-corrected chi connectivity index (χ3v) is 3.50. The number of thiazole rings is 1. The largest absolute Gasteiger partial charge is 0.354 e. The Morgan fingerprint density at radius 3 is 3.06 bits per heavy atom. The van der Waals surface area contributed by atoms with Crippen LogP contribution in [0.3, 0.4) is 0 Å². The lowest BCUT2D eigenvalue weighted by Crippen LogP contribution is -2.36. The van der Waals surface area contributed by atoms with Gasteiger partial charge in [-0.25, -0.2) is 4.98 Å². The van der Waals surface area contributed by atoms with E-state index in [2.05, 4.69) is 15.6 Å². The second-order valence-electron chi connectivity index (χ2n) is 4.04. The van der Waals surface area contributed by atoms with Crippen molar-refractivity contribution in [2.24, 2.45) is 5.73 Å². The van der Waals surface area contributed by atoms with Gasteiger partial charge in [-0.15, -0.1) is 11.3 Å². The van der Waals surface area contributed by atoms with Crippen LogP contribution in [0.1, 0.15) is 34.9 Å². The van der Waals surface area contributed by atoms with E-state index in [9.17, 15) is 9.59 Å². The lowest BCUT2D eigenvalue weighted by molar-refractivity contribution is -0.119. The number of nitrogens with two attached hydrogens (primary N) is 1. The van der Waals surface area contributed by atoms with Crippen LogP contribution in [0.15, 0.2) is 5.38 Å². The Bertz CT molecular complexity index is 443. The Hall–Kier alpha value is -1.47. The zero-order chi connectivity index (χ0) is 12.4. The highest BCUT2D eigenvalue weighted by molar-refractivity contribution is 7.09. The zero-order valence-corrected chi connectivity index (χ0v) is 10.2. The van der Waals surface area contributed by atoms with Crippen LogP contribution in [0.5, 0.6) is 0 Å². The van der Waals surface area contributed by atoms with Crippen LogP contribution in [0, 0.1) is 0 Å². The summed E-state index contributed by atoms with van der Waals surface area (Å²) >= 11 is 1.36. The van der Waals surface area contributed by atoms with Crippen molar-refractivity contribution >= 4 is 23.2 Å². The van der Waals surface area contributed by atoms with Gasteiger partial charge >= 0.3 is 0 Å². The molecule has 1 aliphatic rings. The van der Waals surface area contributed by atoms with Gasteiger partial charge in [0.2, 0.25) is 5.91 Å². The van der Waals surface area contributed by atoms with Gasteiger partial charge in [0.1, 0.15) is 10.7 Å². The molecular weight excluding hydrogens is 240 g/mol. The molecule has 4 N–H and O–H groups in total. The Morgan fingerprint density at radius 1 is 1.76 bits per heavy atom. The molecule has 6 nitrogen and oxygen atoms in total. The molecule has 1 fully saturated rings. The normalized spacial score (nSPS) is 21.1. The van der Waals surface area contributed by atoms with Gasteiger partial charge in [-0.05, 0) is 6.92 Å². The predicted octanol–water partition coefficient (Wildman–Crippen LogP) is -0.219. The molecule has 2 rings (SSSR count). The molecule has 1 aromatic heterocycles. The van der Waals surface area contributed by atoms with E-state index >= 15 is 0 Å². The molecule has 0 aliphatic carbocycles. The summed E-state index contributed by atoms with van der Waals surface area (Å²) in [6.45, 7) is 2.30. The molecule has 0 saturated carbocycles. The second-order valence-corrected chi connectivity index (χ2v) is 4.93. The van der Waals surface area contributed by atoms with Gasteiger partial charge in [0.25, 0.3) is 5.91 Å². The minimum Gasteiger partial charge on any atom is -0.354 e. The number of carbonyl (C=O) groups is 2. The fraction of sp³-hybridized carbons (Fsp3) is 0.500. The van der Waals surface area contributed by atoms with Gasteiger partial charge in [0, 0.05) is 18.3 Å². The maximum Gasteiger partial charge on any atom is 0.271 e. The Morgan fingerprint density at radius 2 is 2.53 bits per heavy atom. The van der Waals surface area contributed by atoms with Crippen molar-refractivity contribution in [1.82, 2.24) is 15.6 Å². The number of rotatable bonds is 3. The summed E-state index contributed by atoms with van der Waals surface area (Å²) in [5, 5.41) is 7.83. The van der Waals surface area contributed by atoms with Crippen LogP contribution in [-0.4, -0.2) is 29.4 Å². The minimum atomic E-state index is -0.255. The molecule has 0 radical (unpaired) electrons. The molecule has 0 bridgehead atoms. The molecule has 0 spiro atoms.